The molecule has 10 nitrogen and oxygen atoms in total. The molecule has 3 aromatic rings. The zero-order valence-corrected chi connectivity index (χ0v) is 18.0. The van der Waals surface area contributed by atoms with Gasteiger partial charge in [0.15, 0.2) is 10.8 Å². The monoisotopic (exact) mass is 451 g/mol. The largest absolute Gasteiger partial charge is 0.384 e. The lowest BCUT2D eigenvalue weighted by molar-refractivity contribution is 0.0822. The van der Waals surface area contributed by atoms with E-state index in [0.29, 0.717) is 35.7 Å². The summed E-state index contributed by atoms with van der Waals surface area (Å²) in [5.41, 5.74) is 2.08. The lowest BCUT2D eigenvalue weighted by Gasteiger charge is -2.14. The average Bonchev–Trinajstić information content (AvgIpc) is 3.07. The minimum absolute atomic E-state index is 0.0969. The van der Waals surface area contributed by atoms with Crippen LogP contribution in [0.4, 0.5) is 16.2 Å². The summed E-state index contributed by atoms with van der Waals surface area (Å²) >= 11 is 12.1. The molecule has 3 aromatic heterocycles. The molecule has 0 saturated carbocycles. The Morgan fingerprint density at radius 1 is 1.17 bits per heavy atom. The van der Waals surface area contributed by atoms with E-state index < -0.39 is 6.03 Å². The van der Waals surface area contributed by atoms with E-state index in [1.807, 2.05) is 0 Å². The van der Waals surface area contributed by atoms with Gasteiger partial charge in [-0.15, -0.1) is 0 Å². The summed E-state index contributed by atoms with van der Waals surface area (Å²) in [4.78, 5) is 34.2. The lowest BCUT2D eigenvalue weighted by Crippen LogP contribution is -2.24. The molecule has 0 spiro atoms. The number of ether oxygens (including phenoxy) is 1. The number of carbonyl (C=O) groups is 2. The molecule has 0 aromatic carbocycles. The van der Waals surface area contributed by atoms with Crippen molar-refractivity contribution in [1.82, 2.24) is 24.5 Å². The van der Waals surface area contributed by atoms with Crippen LogP contribution in [0, 0.1) is 0 Å². The summed E-state index contributed by atoms with van der Waals surface area (Å²) in [7, 11) is 4.77. The van der Waals surface area contributed by atoms with Crippen molar-refractivity contribution in [2.24, 2.45) is 0 Å². The van der Waals surface area contributed by atoms with E-state index in [1.54, 1.807) is 31.8 Å². The summed E-state index contributed by atoms with van der Waals surface area (Å²) in [5.74, 6) is -0.337. The van der Waals surface area contributed by atoms with Crippen LogP contribution >= 0.6 is 23.2 Å². The van der Waals surface area contributed by atoms with Crippen LogP contribution < -0.4 is 10.6 Å². The molecule has 3 amide bonds. The zero-order chi connectivity index (χ0) is 21.8. The van der Waals surface area contributed by atoms with Crippen LogP contribution in [0.25, 0.3) is 5.65 Å². The normalized spacial score (nSPS) is 10.8. The maximum atomic E-state index is 12.5. The van der Waals surface area contributed by atoms with Crippen molar-refractivity contribution in [3.05, 3.63) is 46.1 Å². The van der Waals surface area contributed by atoms with Gasteiger partial charge in [0.25, 0.3) is 5.91 Å². The highest BCUT2D eigenvalue weighted by atomic mass is 35.5. The second-order valence-electron chi connectivity index (χ2n) is 6.43. The molecule has 158 valence electrons. The first kappa shape index (κ1) is 21.8. The van der Waals surface area contributed by atoms with Gasteiger partial charge in [-0.2, -0.15) is 5.10 Å². The van der Waals surface area contributed by atoms with E-state index in [9.17, 15) is 9.59 Å². The van der Waals surface area contributed by atoms with Crippen LogP contribution in [0.15, 0.2) is 24.5 Å². The Bertz CT molecular complexity index is 1100. The summed E-state index contributed by atoms with van der Waals surface area (Å²) in [6.45, 7) is 0.411. The Hall–Kier alpha value is -2.95. The van der Waals surface area contributed by atoms with Crippen molar-refractivity contribution >= 4 is 52.2 Å². The first-order valence-corrected chi connectivity index (χ1v) is 9.53. The minimum atomic E-state index is -0.544. The number of rotatable bonds is 6. The molecule has 0 atom stereocenters. The van der Waals surface area contributed by atoms with E-state index in [1.165, 1.54) is 23.4 Å². The summed E-state index contributed by atoms with van der Waals surface area (Å²) in [5, 5.41) is 9.97. The molecule has 0 fully saturated rings. The Kier molecular flexibility index (Phi) is 6.70. The third-order valence-electron chi connectivity index (χ3n) is 4.05. The predicted octanol–water partition coefficient (Wildman–Crippen LogP) is 2.97. The molecule has 0 unspecified atom stereocenters. The van der Waals surface area contributed by atoms with Crippen molar-refractivity contribution in [1.29, 1.82) is 0 Å². The molecule has 3 rings (SSSR count). The van der Waals surface area contributed by atoms with Gasteiger partial charge in [0.05, 0.1) is 41.1 Å². The van der Waals surface area contributed by atoms with Crippen LogP contribution in [0.1, 0.15) is 16.2 Å². The number of pyridine rings is 1. The maximum Gasteiger partial charge on any atom is 0.323 e. The average molecular weight is 452 g/mol. The molecule has 3 heterocycles. The van der Waals surface area contributed by atoms with Crippen LogP contribution in [0.3, 0.4) is 0 Å². The van der Waals surface area contributed by atoms with E-state index in [4.69, 9.17) is 27.9 Å². The standard InChI is InChI=1S/C18H19Cl2N7O3/c1-26(2)17(28)16-11(19)6-10(8-22-16)23-18(29)24-12-9-21-15-7-14(20)25-27(15)13(12)4-5-30-3/h6-9H,4-5H2,1-3H3,(H2,23,24,29). The van der Waals surface area contributed by atoms with Crippen LogP contribution in [0.5, 0.6) is 0 Å². The second-order valence-corrected chi connectivity index (χ2v) is 7.23. The van der Waals surface area contributed by atoms with Gasteiger partial charge in [0.1, 0.15) is 5.69 Å². The van der Waals surface area contributed by atoms with Crippen molar-refractivity contribution in [3.8, 4) is 0 Å². The van der Waals surface area contributed by atoms with Gasteiger partial charge in [-0.3, -0.25) is 4.79 Å². The number of halogens is 2. The topological polar surface area (TPSA) is 114 Å². The quantitative estimate of drug-likeness (QED) is 0.595. The number of nitrogens with zero attached hydrogens (tertiary/aromatic N) is 5. The first-order valence-electron chi connectivity index (χ1n) is 8.77. The fraction of sp³-hybridized carbons (Fsp3) is 0.278. The molecule has 0 aliphatic rings. The molecule has 0 aliphatic carbocycles. The highest BCUT2D eigenvalue weighted by molar-refractivity contribution is 6.33. The highest BCUT2D eigenvalue weighted by Crippen LogP contribution is 2.22. The van der Waals surface area contributed by atoms with E-state index in [-0.39, 0.29) is 21.8 Å². The SMILES string of the molecule is COCCc1c(NC(=O)Nc2cnc(C(=O)N(C)C)c(Cl)c2)cnc2cc(Cl)nn12. The number of urea groups is 1. The summed E-state index contributed by atoms with van der Waals surface area (Å²) < 4.78 is 6.69. The molecule has 2 N–H and O–H groups in total. The van der Waals surface area contributed by atoms with Gasteiger partial charge in [0.2, 0.25) is 0 Å². The summed E-state index contributed by atoms with van der Waals surface area (Å²) in [6.07, 6.45) is 3.34. The molecule has 0 radical (unpaired) electrons. The van der Waals surface area contributed by atoms with Crippen LogP contribution in [-0.4, -0.2) is 64.2 Å². The van der Waals surface area contributed by atoms with E-state index in [0.717, 1.165) is 0 Å². The van der Waals surface area contributed by atoms with Gasteiger partial charge in [0, 0.05) is 33.7 Å². The lowest BCUT2D eigenvalue weighted by atomic mass is 10.2. The smallest absolute Gasteiger partial charge is 0.323 e. The maximum absolute atomic E-state index is 12.5. The van der Waals surface area contributed by atoms with Crippen molar-refractivity contribution < 1.29 is 14.3 Å². The second kappa shape index (κ2) is 9.24. The zero-order valence-electron chi connectivity index (χ0n) is 16.4. The molecular formula is C18H19Cl2N7O3. The van der Waals surface area contributed by atoms with Gasteiger partial charge in [-0.25, -0.2) is 19.3 Å². The minimum Gasteiger partial charge on any atom is -0.384 e. The molecule has 0 saturated heterocycles. The number of hydrogen-bond acceptors (Lipinski definition) is 6. The van der Waals surface area contributed by atoms with Gasteiger partial charge < -0.3 is 20.3 Å². The fourth-order valence-electron chi connectivity index (χ4n) is 2.66. The number of carbonyl (C=O) groups excluding carboxylic acids is 2. The molecular weight excluding hydrogens is 433 g/mol. The number of aromatic nitrogens is 4. The van der Waals surface area contributed by atoms with Crippen molar-refractivity contribution in [3.63, 3.8) is 0 Å². The first-order chi connectivity index (χ1) is 14.3. The number of nitrogens with one attached hydrogen (secondary N) is 2. The van der Waals surface area contributed by atoms with Crippen LogP contribution in [-0.2, 0) is 11.2 Å². The fourth-order valence-corrected chi connectivity index (χ4v) is 3.08. The summed E-state index contributed by atoms with van der Waals surface area (Å²) in [6, 6.07) is 2.52. The van der Waals surface area contributed by atoms with Gasteiger partial charge >= 0.3 is 6.03 Å². The number of methoxy groups -OCH3 is 1. The number of amides is 3. The third kappa shape index (κ3) is 4.78. The number of fused-ring (bicyclic) bond motifs is 1. The molecule has 30 heavy (non-hydrogen) atoms. The Morgan fingerprint density at radius 2 is 1.93 bits per heavy atom. The van der Waals surface area contributed by atoms with Crippen molar-refractivity contribution in [2.75, 3.05) is 38.4 Å². The highest BCUT2D eigenvalue weighted by Gasteiger charge is 2.17. The third-order valence-corrected chi connectivity index (χ3v) is 4.53. The number of anilines is 2. The molecule has 12 heteroatoms. The Morgan fingerprint density at radius 3 is 2.60 bits per heavy atom. The van der Waals surface area contributed by atoms with Gasteiger partial charge in [-0.05, 0) is 6.07 Å². The Labute approximate surface area is 182 Å². The molecule has 0 aliphatic heterocycles. The van der Waals surface area contributed by atoms with E-state index >= 15 is 0 Å². The Balaban J connectivity index is 1.80. The van der Waals surface area contributed by atoms with Crippen LogP contribution in [0.2, 0.25) is 10.2 Å². The van der Waals surface area contributed by atoms with Gasteiger partial charge in [-0.1, -0.05) is 23.2 Å². The number of hydrogen-bond donors (Lipinski definition) is 2. The van der Waals surface area contributed by atoms with Crippen molar-refractivity contribution in [2.45, 2.75) is 6.42 Å². The molecule has 0 bridgehead atoms. The predicted molar refractivity (Wildman–Crippen MR) is 113 cm³/mol. The van der Waals surface area contributed by atoms with E-state index in [2.05, 4.69) is 25.7 Å².